The van der Waals surface area contributed by atoms with E-state index in [0.717, 1.165) is 50.5 Å². The first-order valence-electron chi connectivity index (χ1n) is 12.1. The van der Waals surface area contributed by atoms with Gasteiger partial charge in [-0.15, -0.1) is 0 Å². The van der Waals surface area contributed by atoms with Gasteiger partial charge in [0.05, 0.1) is 19.3 Å². The molecular weight excluding hydrogens is 420 g/mol. The van der Waals surface area contributed by atoms with Crippen molar-refractivity contribution in [2.24, 2.45) is 0 Å². The fourth-order valence-corrected chi connectivity index (χ4v) is 4.70. The zero-order valence-corrected chi connectivity index (χ0v) is 19.8. The van der Waals surface area contributed by atoms with Crippen LogP contribution in [0.5, 0.6) is 5.75 Å². The zero-order chi connectivity index (χ0) is 23.0. The maximum absolute atomic E-state index is 12.6. The Hall–Kier alpha value is -2.58. The van der Waals surface area contributed by atoms with Gasteiger partial charge in [0.2, 0.25) is 5.95 Å². The number of aromatic nitrogens is 2. The number of anilines is 2. The normalized spacial score (nSPS) is 21.6. The third kappa shape index (κ3) is 6.48. The lowest BCUT2D eigenvalue weighted by Gasteiger charge is -2.34. The van der Waals surface area contributed by atoms with Gasteiger partial charge in [-0.1, -0.05) is 25.0 Å². The van der Waals surface area contributed by atoms with Crippen LogP contribution in [0.2, 0.25) is 0 Å². The van der Waals surface area contributed by atoms with Crippen LogP contribution < -0.4 is 20.1 Å². The molecule has 1 aromatic carbocycles. The molecule has 0 bridgehead atoms. The van der Waals surface area contributed by atoms with Gasteiger partial charge in [-0.3, -0.25) is 9.78 Å². The number of nitrogens with zero attached hydrogens (tertiary/aromatic N) is 3. The highest BCUT2D eigenvalue weighted by molar-refractivity contribution is 5.45. The van der Waals surface area contributed by atoms with Gasteiger partial charge in [-0.05, 0) is 43.9 Å². The van der Waals surface area contributed by atoms with Crippen molar-refractivity contribution in [2.75, 3.05) is 56.4 Å². The maximum Gasteiger partial charge on any atom is 0.254 e. The van der Waals surface area contributed by atoms with Crippen molar-refractivity contribution >= 4 is 11.8 Å². The molecular formula is C25H36N4O4. The minimum atomic E-state index is -0.106. The van der Waals surface area contributed by atoms with Crippen LogP contribution in [0.1, 0.15) is 38.2 Å². The summed E-state index contributed by atoms with van der Waals surface area (Å²) in [6.07, 6.45) is 5.54. The number of benzene rings is 1. The molecule has 2 aliphatic rings. The van der Waals surface area contributed by atoms with Crippen LogP contribution in [0.15, 0.2) is 35.1 Å². The monoisotopic (exact) mass is 456 g/mol. The Kier molecular flexibility index (Phi) is 8.23. The van der Waals surface area contributed by atoms with E-state index >= 15 is 0 Å². The van der Waals surface area contributed by atoms with Crippen LogP contribution in [0.4, 0.5) is 11.8 Å². The Bertz CT molecular complexity index is 950. The van der Waals surface area contributed by atoms with Crippen LogP contribution in [0.25, 0.3) is 0 Å². The summed E-state index contributed by atoms with van der Waals surface area (Å²) in [5, 5.41) is 0. The molecule has 8 heteroatoms. The van der Waals surface area contributed by atoms with Gasteiger partial charge < -0.3 is 24.0 Å². The molecule has 2 fully saturated rings. The third-order valence-electron chi connectivity index (χ3n) is 6.36. The molecule has 2 atom stereocenters. The molecule has 1 N–H and O–H groups in total. The molecule has 4 rings (SSSR count). The molecule has 0 spiro atoms. The lowest BCUT2D eigenvalue weighted by Crippen LogP contribution is -2.43. The lowest BCUT2D eigenvalue weighted by atomic mass is 10.0. The van der Waals surface area contributed by atoms with E-state index in [0.29, 0.717) is 25.8 Å². The number of methoxy groups -OCH3 is 1. The lowest BCUT2D eigenvalue weighted by molar-refractivity contribution is 0.0529. The Morgan fingerprint density at radius 1 is 1.18 bits per heavy atom. The first-order chi connectivity index (χ1) is 16.1. The number of aromatic amines is 1. The first kappa shape index (κ1) is 23.6. The second kappa shape index (κ2) is 11.5. The summed E-state index contributed by atoms with van der Waals surface area (Å²) < 4.78 is 16.6. The van der Waals surface area contributed by atoms with E-state index in [9.17, 15) is 4.79 Å². The number of nitrogens with one attached hydrogen (secondary N) is 1. The van der Waals surface area contributed by atoms with Crippen molar-refractivity contribution in [3.05, 3.63) is 46.2 Å². The second-order valence-electron chi connectivity index (χ2n) is 8.94. The molecule has 0 radical (unpaired) electrons. The van der Waals surface area contributed by atoms with Gasteiger partial charge in [0.15, 0.2) is 0 Å². The molecule has 8 nitrogen and oxygen atoms in total. The van der Waals surface area contributed by atoms with Crippen LogP contribution in [0.3, 0.4) is 0 Å². The van der Waals surface area contributed by atoms with Gasteiger partial charge in [0, 0.05) is 38.9 Å². The summed E-state index contributed by atoms with van der Waals surface area (Å²) >= 11 is 0. The highest BCUT2D eigenvalue weighted by Crippen LogP contribution is 2.26. The van der Waals surface area contributed by atoms with E-state index in [1.807, 2.05) is 12.1 Å². The van der Waals surface area contributed by atoms with Gasteiger partial charge >= 0.3 is 0 Å². The summed E-state index contributed by atoms with van der Waals surface area (Å²) in [5.41, 5.74) is 1.12. The summed E-state index contributed by atoms with van der Waals surface area (Å²) in [7, 11) is 1.67. The summed E-state index contributed by atoms with van der Waals surface area (Å²) in [4.78, 5) is 25.0. The molecule has 0 amide bonds. The van der Waals surface area contributed by atoms with E-state index in [-0.39, 0.29) is 17.7 Å². The number of morpholine rings is 1. The summed E-state index contributed by atoms with van der Waals surface area (Å²) in [6, 6.07) is 10.2. The van der Waals surface area contributed by atoms with E-state index in [4.69, 9.17) is 19.2 Å². The molecule has 180 valence electrons. The van der Waals surface area contributed by atoms with Gasteiger partial charge in [-0.25, -0.2) is 0 Å². The number of rotatable bonds is 8. The molecule has 1 aromatic heterocycles. The smallest absolute Gasteiger partial charge is 0.254 e. The number of hydrogen-bond acceptors (Lipinski definition) is 7. The molecule has 0 saturated carbocycles. The molecule has 3 heterocycles. The number of ether oxygens (including phenoxy) is 3. The molecule has 2 aliphatic heterocycles. The highest BCUT2D eigenvalue weighted by atomic mass is 16.5. The van der Waals surface area contributed by atoms with Crippen LogP contribution in [-0.4, -0.2) is 68.7 Å². The molecule has 0 aliphatic carbocycles. The SMILES string of the molecule is COCCOc1cccc(C[C@@H]2CCCCCN2c2nc(N3CCO[C@H](C)C3)cc(=O)[nH]2)c1. The van der Waals surface area contributed by atoms with Crippen molar-refractivity contribution < 1.29 is 14.2 Å². The average molecular weight is 457 g/mol. The second-order valence-corrected chi connectivity index (χ2v) is 8.94. The average Bonchev–Trinajstić information content (AvgIpc) is 3.05. The first-order valence-corrected chi connectivity index (χ1v) is 12.1. The van der Waals surface area contributed by atoms with Crippen molar-refractivity contribution in [3.8, 4) is 5.75 Å². The minimum Gasteiger partial charge on any atom is -0.491 e. The van der Waals surface area contributed by atoms with E-state index < -0.39 is 0 Å². The van der Waals surface area contributed by atoms with Crippen molar-refractivity contribution in [1.82, 2.24) is 9.97 Å². The molecule has 2 saturated heterocycles. The van der Waals surface area contributed by atoms with Crippen LogP contribution in [-0.2, 0) is 15.9 Å². The summed E-state index contributed by atoms with van der Waals surface area (Å²) in [6.45, 7) is 6.19. The standard InChI is InChI=1S/C25H36N4O4/c1-19-18-28(11-12-32-19)23-17-24(30)27-25(26-23)29-10-5-3-4-8-21(29)15-20-7-6-9-22(16-20)33-14-13-31-2/h6-7,9,16-17,19,21H,3-5,8,10-15,18H2,1-2H3,(H,26,27,30)/t19-,21+/m1/s1. The fourth-order valence-electron chi connectivity index (χ4n) is 4.70. The van der Waals surface area contributed by atoms with E-state index in [1.165, 1.54) is 18.4 Å². The highest BCUT2D eigenvalue weighted by Gasteiger charge is 2.25. The molecule has 2 aromatic rings. The number of hydrogen-bond donors (Lipinski definition) is 1. The third-order valence-corrected chi connectivity index (χ3v) is 6.36. The van der Waals surface area contributed by atoms with Crippen LogP contribution in [0, 0.1) is 0 Å². The zero-order valence-electron chi connectivity index (χ0n) is 19.8. The Balaban J connectivity index is 1.54. The van der Waals surface area contributed by atoms with Gasteiger partial charge in [-0.2, -0.15) is 4.98 Å². The van der Waals surface area contributed by atoms with E-state index in [1.54, 1.807) is 13.2 Å². The maximum atomic E-state index is 12.6. The van der Waals surface area contributed by atoms with Crippen molar-refractivity contribution in [3.63, 3.8) is 0 Å². The molecule has 0 unspecified atom stereocenters. The number of H-pyrrole nitrogens is 1. The van der Waals surface area contributed by atoms with Gasteiger partial charge in [0.25, 0.3) is 5.56 Å². The Morgan fingerprint density at radius 3 is 2.94 bits per heavy atom. The Morgan fingerprint density at radius 2 is 2.09 bits per heavy atom. The van der Waals surface area contributed by atoms with Crippen molar-refractivity contribution in [2.45, 2.75) is 51.2 Å². The summed E-state index contributed by atoms with van der Waals surface area (Å²) in [5.74, 6) is 2.27. The minimum absolute atomic E-state index is 0.106. The predicted molar refractivity (Wildman–Crippen MR) is 130 cm³/mol. The van der Waals surface area contributed by atoms with Crippen molar-refractivity contribution in [1.29, 1.82) is 0 Å². The Labute approximate surface area is 195 Å². The largest absolute Gasteiger partial charge is 0.491 e. The molecule has 33 heavy (non-hydrogen) atoms. The predicted octanol–water partition coefficient (Wildman–Crippen LogP) is 3.01. The topological polar surface area (TPSA) is 79.9 Å². The van der Waals surface area contributed by atoms with Crippen LogP contribution >= 0.6 is 0 Å². The van der Waals surface area contributed by atoms with E-state index in [2.05, 4.69) is 33.8 Å². The fraction of sp³-hybridized carbons (Fsp3) is 0.600. The van der Waals surface area contributed by atoms with Gasteiger partial charge in [0.1, 0.15) is 18.2 Å². The quantitative estimate of drug-likeness (QED) is 0.612.